The molecular formula is C18H20N4O2. The van der Waals surface area contributed by atoms with Gasteiger partial charge in [-0.1, -0.05) is 18.2 Å². The maximum Gasteiger partial charge on any atom is 0.356 e. The molecule has 3 heterocycles. The summed E-state index contributed by atoms with van der Waals surface area (Å²) in [5.41, 5.74) is 2.63. The minimum Gasteiger partial charge on any atom is -0.476 e. The fourth-order valence-corrected chi connectivity index (χ4v) is 3.50. The highest BCUT2D eigenvalue weighted by Gasteiger charge is 2.22. The molecule has 2 aromatic heterocycles. The third-order valence-corrected chi connectivity index (χ3v) is 4.83. The highest BCUT2D eigenvalue weighted by Crippen LogP contribution is 2.25. The number of nitrogens with zero attached hydrogens (tertiary/aromatic N) is 3. The van der Waals surface area contributed by atoms with Gasteiger partial charge >= 0.3 is 5.97 Å². The van der Waals surface area contributed by atoms with E-state index in [1.54, 1.807) is 12.3 Å². The van der Waals surface area contributed by atoms with Crippen LogP contribution in [0.2, 0.25) is 0 Å². The Balaban J connectivity index is 1.40. The van der Waals surface area contributed by atoms with E-state index >= 15 is 0 Å². The van der Waals surface area contributed by atoms with Gasteiger partial charge in [0.25, 0.3) is 0 Å². The van der Waals surface area contributed by atoms with Gasteiger partial charge in [-0.05, 0) is 30.5 Å². The summed E-state index contributed by atoms with van der Waals surface area (Å²) in [5.74, 6) is -0.967. The zero-order valence-electron chi connectivity index (χ0n) is 13.4. The first kappa shape index (κ1) is 15.0. The molecule has 0 atom stereocenters. The largest absolute Gasteiger partial charge is 0.476 e. The molecule has 1 saturated heterocycles. The van der Waals surface area contributed by atoms with E-state index in [9.17, 15) is 4.79 Å². The number of hydrogen-bond acceptors (Lipinski definition) is 3. The molecule has 1 aromatic carbocycles. The van der Waals surface area contributed by atoms with Gasteiger partial charge in [0.1, 0.15) is 0 Å². The number of fused-ring (bicyclic) bond motifs is 1. The third-order valence-electron chi connectivity index (χ3n) is 4.83. The molecule has 1 aliphatic heterocycles. The second-order valence-corrected chi connectivity index (χ2v) is 6.35. The molecule has 3 aromatic rings. The molecule has 0 unspecified atom stereocenters. The maximum absolute atomic E-state index is 10.9. The Morgan fingerprint density at radius 1 is 1.25 bits per heavy atom. The molecule has 0 amide bonds. The second kappa shape index (κ2) is 6.13. The van der Waals surface area contributed by atoms with Gasteiger partial charge in [0.05, 0.1) is 6.04 Å². The van der Waals surface area contributed by atoms with Gasteiger partial charge in [0.2, 0.25) is 0 Å². The summed E-state index contributed by atoms with van der Waals surface area (Å²) in [6.45, 7) is 2.93. The van der Waals surface area contributed by atoms with Crippen LogP contribution in [0.1, 0.15) is 34.9 Å². The molecule has 124 valence electrons. The van der Waals surface area contributed by atoms with E-state index < -0.39 is 5.97 Å². The predicted molar refractivity (Wildman–Crippen MR) is 91.0 cm³/mol. The average Bonchev–Trinajstić information content (AvgIpc) is 3.24. The SMILES string of the molecule is O=C(O)c1ccn(C2CCN(Cc3c[nH]c4ccccc34)CC2)n1. The number of carbonyl (C=O) groups is 1. The van der Waals surface area contributed by atoms with Crippen LogP contribution in [0.4, 0.5) is 0 Å². The van der Waals surface area contributed by atoms with Crippen molar-refractivity contribution in [2.24, 2.45) is 0 Å². The van der Waals surface area contributed by atoms with Crippen molar-refractivity contribution in [3.8, 4) is 0 Å². The number of aromatic amines is 1. The molecular weight excluding hydrogens is 304 g/mol. The molecule has 0 saturated carbocycles. The van der Waals surface area contributed by atoms with E-state index in [4.69, 9.17) is 5.11 Å². The Morgan fingerprint density at radius 2 is 2.04 bits per heavy atom. The predicted octanol–water partition coefficient (Wildman–Crippen LogP) is 2.90. The summed E-state index contributed by atoms with van der Waals surface area (Å²) in [7, 11) is 0. The van der Waals surface area contributed by atoms with Crippen molar-refractivity contribution in [2.45, 2.75) is 25.4 Å². The molecule has 2 N–H and O–H groups in total. The lowest BCUT2D eigenvalue weighted by atomic mass is 10.0. The van der Waals surface area contributed by atoms with Gasteiger partial charge in [0.15, 0.2) is 5.69 Å². The standard InChI is InChI=1S/C18H20N4O2/c23-18(24)17-7-10-22(20-17)14-5-8-21(9-6-14)12-13-11-19-16-4-2-1-3-15(13)16/h1-4,7,10-11,14,19H,5-6,8-9,12H2,(H,23,24). The average molecular weight is 324 g/mol. The number of likely N-dealkylation sites (tertiary alicyclic amines) is 1. The minimum absolute atomic E-state index is 0.122. The molecule has 6 heteroatoms. The van der Waals surface area contributed by atoms with Crippen LogP contribution in [-0.2, 0) is 6.54 Å². The molecule has 24 heavy (non-hydrogen) atoms. The van der Waals surface area contributed by atoms with E-state index in [0.717, 1.165) is 32.5 Å². The van der Waals surface area contributed by atoms with Crippen molar-refractivity contribution in [3.05, 3.63) is 54.0 Å². The van der Waals surface area contributed by atoms with Gasteiger partial charge in [-0.3, -0.25) is 9.58 Å². The summed E-state index contributed by atoms with van der Waals surface area (Å²) in [6.07, 6.45) is 5.86. The summed E-state index contributed by atoms with van der Waals surface area (Å²) in [6, 6.07) is 10.2. The number of piperidine rings is 1. The van der Waals surface area contributed by atoms with Crippen LogP contribution in [0.25, 0.3) is 10.9 Å². The molecule has 6 nitrogen and oxygen atoms in total. The normalized spacial score (nSPS) is 16.7. The lowest BCUT2D eigenvalue weighted by molar-refractivity contribution is 0.0688. The van der Waals surface area contributed by atoms with Crippen molar-refractivity contribution >= 4 is 16.9 Å². The van der Waals surface area contributed by atoms with Crippen LogP contribution < -0.4 is 0 Å². The van der Waals surface area contributed by atoms with Gasteiger partial charge in [-0.25, -0.2) is 4.79 Å². The maximum atomic E-state index is 10.9. The van der Waals surface area contributed by atoms with Crippen LogP contribution in [0, 0.1) is 0 Å². The Kier molecular flexibility index (Phi) is 3.82. The summed E-state index contributed by atoms with van der Waals surface area (Å²) in [4.78, 5) is 16.7. The number of para-hydroxylation sites is 1. The lowest BCUT2D eigenvalue weighted by Crippen LogP contribution is -2.34. The molecule has 0 spiro atoms. The lowest BCUT2D eigenvalue weighted by Gasteiger charge is -2.31. The van der Waals surface area contributed by atoms with E-state index in [1.807, 2.05) is 10.7 Å². The van der Waals surface area contributed by atoms with Crippen molar-refractivity contribution in [2.75, 3.05) is 13.1 Å². The van der Waals surface area contributed by atoms with E-state index in [1.165, 1.54) is 16.5 Å². The smallest absolute Gasteiger partial charge is 0.356 e. The number of rotatable bonds is 4. The van der Waals surface area contributed by atoms with Crippen LogP contribution in [0.3, 0.4) is 0 Å². The highest BCUT2D eigenvalue weighted by molar-refractivity contribution is 5.85. The van der Waals surface area contributed by atoms with Crippen molar-refractivity contribution in [1.29, 1.82) is 0 Å². The molecule has 1 fully saturated rings. The van der Waals surface area contributed by atoms with E-state index in [0.29, 0.717) is 0 Å². The minimum atomic E-state index is -0.967. The van der Waals surface area contributed by atoms with Gasteiger partial charge in [-0.15, -0.1) is 0 Å². The first-order chi connectivity index (χ1) is 11.7. The Morgan fingerprint density at radius 3 is 2.79 bits per heavy atom. The first-order valence-corrected chi connectivity index (χ1v) is 8.26. The summed E-state index contributed by atoms with van der Waals surface area (Å²) >= 11 is 0. The Labute approximate surface area is 139 Å². The number of hydrogen-bond donors (Lipinski definition) is 2. The van der Waals surface area contributed by atoms with Gasteiger partial charge in [0, 0.05) is 42.9 Å². The topological polar surface area (TPSA) is 74.2 Å². The van der Waals surface area contributed by atoms with E-state index in [-0.39, 0.29) is 11.7 Å². The molecule has 1 aliphatic rings. The Bertz CT molecular complexity index is 859. The van der Waals surface area contributed by atoms with Gasteiger partial charge < -0.3 is 10.1 Å². The van der Waals surface area contributed by atoms with Crippen molar-refractivity contribution in [1.82, 2.24) is 19.7 Å². The molecule has 0 radical (unpaired) electrons. The van der Waals surface area contributed by atoms with Crippen molar-refractivity contribution < 1.29 is 9.90 Å². The zero-order chi connectivity index (χ0) is 16.5. The van der Waals surface area contributed by atoms with Crippen LogP contribution in [0.5, 0.6) is 0 Å². The van der Waals surface area contributed by atoms with Gasteiger partial charge in [-0.2, -0.15) is 5.10 Å². The number of carboxylic acids is 1. The number of aromatic carboxylic acids is 1. The van der Waals surface area contributed by atoms with E-state index in [2.05, 4.69) is 39.4 Å². The third kappa shape index (κ3) is 2.80. The number of aromatic nitrogens is 3. The second-order valence-electron chi connectivity index (χ2n) is 6.35. The fraction of sp³-hybridized carbons (Fsp3) is 0.333. The molecule has 0 bridgehead atoms. The number of H-pyrrole nitrogens is 1. The fourth-order valence-electron chi connectivity index (χ4n) is 3.50. The first-order valence-electron chi connectivity index (χ1n) is 8.26. The highest BCUT2D eigenvalue weighted by atomic mass is 16.4. The number of nitrogens with one attached hydrogen (secondary N) is 1. The van der Waals surface area contributed by atoms with Crippen LogP contribution >= 0.6 is 0 Å². The monoisotopic (exact) mass is 324 g/mol. The van der Waals surface area contributed by atoms with Crippen LogP contribution in [-0.4, -0.2) is 43.8 Å². The molecule has 4 rings (SSSR count). The van der Waals surface area contributed by atoms with Crippen LogP contribution in [0.15, 0.2) is 42.7 Å². The number of benzene rings is 1. The Hall–Kier alpha value is -2.60. The molecule has 0 aliphatic carbocycles. The summed E-state index contributed by atoms with van der Waals surface area (Å²) in [5, 5.41) is 14.4. The summed E-state index contributed by atoms with van der Waals surface area (Å²) < 4.78 is 1.81. The van der Waals surface area contributed by atoms with Crippen molar-refractivity contribution in [3.63, 3.8) is 0 Å². The zero-order valence-corrected chi connectivity index (χ0v) is 13.4. The number of carboxylic acid groups (broad SMARTS) is 1. The quantitative estimate of drug-likeness (QED) is 0.774.